The average Bonchev–Trinajstić information content (AvgIpc) is 1.71. The van der Waals surface area contributed by atoms with E-state index in [1.54, 1.807) is 0 Å². The molecule has 12 heterocycles. The van der Waals surface area contributed by atoms with Crippen LogP contribution < -0.4 is 0 Å². The third kappa shape index (κ3) is 28.5. The van der Waals surface area contributed by atoms with E-state index >= 15 is 0 Å². The van der Waals surface area contributed by atoms with E-state index in [9.17, 15) is 0 Å². The molecule has 4 aromatic rings. The fourth-order valence-electron chi connectivity index (χ4n) is 11.2. The van der Waals surface area contributed by atoms with Crippen molar-refractivity contribution in [1.82, 2.24) is 0 Å². The smallest absolute Gasteiger partial charge is 0.104 e. The van der Waals surface area contributed by atoms with Crippen LogP contribution in [0.3, 0.4) is 0 Å². The number of rotatable bonds is 52. The first-order valence-corrected chi connectivity index (χ1v) is 36.7. The number of ether oxygens (including phenoxy) is 24. The van der Waals surface area contributed by atoms with E-state index in [-0.39, 0.29) is 73.2 Å². The first kappa shape index (κ1) is 77.1. The van der Waals surface area contributed by atoms with Gasteiger partial charge in [0.1, 0.15) is 73.2 Å². The molecule has 12 aliphatic heterocycles. The number of benzene rings is 4. The highest BCUT2D eigenvalue weighted by Crippen LogP contribution is 2.31. The maximum Gasteiger partial charge on any atom is 0.104 e. The predicted octanol–water partition coefficient (Wildman–Crippen LogP) is 8.30. The van der Waals surface area contributed by atoms with Crippen molar-refractivity contribution in [2.45, 2.75) is 153 Å². The molecule has 24 heteroatoms. The van der Waals surface area contributed by atoms with Gasteiger partial charge in [-0.2, -0.15) is 0 Å². The minimum atomic E-state index is 0.246. The summed E-state index contributed by atoms with van der Waals surface area (Å²) >= 11 is 0. The van der Waals surface area contributed by atoms with Gasteiger partial charge in [-0.05, 0) is 107 Å². The van der Waals surface area contributed by atoms with Crippen molar-refractivity contribution in [2.24, 2.45) is 0 Å². The zero-order chi connectivity index (χ0) is 71.1. The first-order valence-electron chi connectivity index (χ1n) is 36.7. The Kier molecular flexibility index (Phi) is 29.9. The van der Waals surface area contributed by atoms with Crippen LogP contribution in [0.25, 0.3) is 24.3 Å². The third-order valence-electron chi connectivity index (χ3n) is 18.4. The lowest BCUT2D eigenvalue weighted by Crippen LogP contribution is -2.12. The number of hydrogen-bond acceptors (Lipinski definition) is 24. The normalized spacial score (nSPS) is 25.9. The molecule has 16 rings (SSSR count). The maximum atomic E-state index is 5.88. The first-order chi connectivity index (χ1) is 51.3. The molecule has 0 amide bonds. The second-order valence-electron chi connectivity index (χ2n) is 27.6. The van der Waals surface area contributed by atoms with Crippen LogP contribution in [0.5, 0.6) is 0 Å². The van der Waals surface area contributed by atoms with Gasteiger partial charge in [-0.25, -0.2) is 0 Å². The van der Waals surface area contributed by atoms with Gasteiger partial charge >= 0.3 is 0 Å². The van der Waals surface area contributed by atoms with Crippen molar-refractivity contribution >= 4 is 24.3 Å². The molecule has 12 saturated heterocycles. The van der Waals surface area contributed by atoms with Crippen LogP contribution in [0.4, 0.5) is 0 Å². The van der Waals surface area contributed by atoms with Crippen LogP contribution in [0.15, 0.2) is 74.8 Å². The Morgan fingerprint density at radius 3 is 0.856 bits per heavy atom. The summed E-state index contributed by atoms with van der Waals surface area (Å²) in [5.41, 5.74) is 17.6. The molecule has 24 nitrogen and oxygen atoms in total. The van der Waals surface area contributed by atoms with Gasteiger partial charge in [0.25, 0.3) is 0 Å². The van der Waals surface area contributed by atoms with Crippen LogP contribution in [0.2, 0.25) is 0 Å². The van der Waals surface area contributed by atoms with Gasteiger partial charge in [0, 0.05) is 0 Å². The standard InChI is InChI=1S/4C20H26O6/c1-2-15-3-14(5-21-7-17-10-24-17)4-16(6-22-8-18-11-25-18)20(15)13-23-9-19-12-26-19;1-2-14-3-15(5-21-7-17-10-24-17)20(13-23-9-19-12-26-19)16(4-14)6-22-8-18-11-25-18;1-2-19-14(5-21-7-16-10-24-16)3-4-15(6-22-8-17-11-25-17)20(19)13-23-9-18-12-26-18;1-2-14-3-4-15(5-21-6-16-9-24-16)20(13-23-8-18-11-26-18)19(14)12-22-7-17-10-25-17/h2*2-4,17-19H,1,5-13H2;2*2-4,16-18H,1,5-13H2. The lowest BCUT2D eigenvalue weighted by Gasteiger charge is -2.18. The summed E-state index contributed by atoms with van der Waals surface area (Å²) in [6, 6.07) is 16.8. The molecule has 104 heavy (non-hydrogen) atoms. The Morgan fingerprint density at radius 2 is 0.510 bits per heavy atom. The largest absolute Gasteiger partial charge is 0.374 e. The molecule has 4 aromatic carbocycles. The molecule has 0 spiro atoms. The fourth-order valence-corrected chi connectivity index (χ4v) is 11.2. The van der Waals surface area contributed by atoms with E-state index in [4.69, 9.17) is 114 Å². The predicted molar refractivity (Wildman–Crippen MR) is 379 cm³/mol. The molecule has 12 atom stereocenters. The number of epoxide rings is 12. The summed E-state index contributed by atoms with van der Waals surface area (Å²) < 4.78 is 132. The quantitative estimate of drug-likeness (QED) is 0.0376. The van der Waals surface area contributed by atoms with E-state index in [0.717, 1.165) is 168 Å². The van der Waals surface area contributed by atoms with Crippen molar-refractivity contribution < 1.29 is 114 Å². The Balaban J connectivity index is 0.000000123. The highest BCUT2D eigenvalue weighted by molar-refractivity contribution is 5.60. The highest BCUT2D eigenvalue weighted by Gasteiger charge is 2.32. The molecule has 0 aliphatic carbocycles. The lowest BCUT2D eigenvalue weighted by molar-refractivity contribution is 0.0847. The zero-order valence-corrected chi connectivity index (χ0v) is 59.9. The number of hydrogen-bond donors (Lipinski definition) is 0. The summed E-state index contributed by atoms with van der Waals surface area (Å²) in [6.07, 6.45) is 10.5. The summed E-state index contributed by atoms with van der Waals surface area (Å²) in [5.74, 6) is 0. The van der Waals surface area contributed by atoms with Gasteiger partial charge in [0.2, 0.25) is 0 Å². The van der Waals surface area contributed by atoms with E-state index in [1.807, 2.05) is 24.3 Å². The van der Waals surface area contributed by atoms with Crippen LogP contribution in [0, 0.1) is 0 Å². The molecule has 0 bridgehead atoms. The van der Waals surface area contributed by atoms with Gasteiger partial charge in [0.05, 0.1) is 238 Å². The van der Waals surface area contributed by atoms with E-state index in [0.29, 0.717) is 159 Å². The molecular formula is C80H104O24. The minimum absolute atomic E-state index is 0.246. The highest BCUT2D eigenvalue weighted by atomic mass is 16.6. The van der Waals surface area contributed by atoms with Crippen LogP contribution >= 0.6 is 0 Å². The maximum absolute atomic E-state index is 5.88. The Labute approximate surface area is 610 Å². The van der Waals surface area contributed by atoms with Crippen molar-refractivity contribution in [3.8, 4) is 0 Å². The Morgan fingerprint density at radius 1 is 0.240 bits per heavy atom. The summed E-state index contributed by atoms with van der Waals surface area (Å²) in [4.78, 5) is 0. The van der Waals surface area contributed by atoms with E-state index in [2.05, 4.69) is 74.8 Å². The second kappa shape index (κ2) is 40.4. The minimum Gasteiger partial charge on any atom is -0.374 e. The zero-order valence-electron chi connectivity index (χ0n) is 59.9. The van der Waals surface area contributed by atoms with Crippen molar-refractivity contribution in [1.29, 1.82) is 0 Å². The summed E-state index contributed by atoms with van der Waals surface area (Å²) in [7, 11) is 0. The molecule has 12 unspecified atom stereocenters. The van der Waals surface area contributed by atoms with Crippen LogP contribution in [-0.2, 0) is 193 Å². The van der Waals surface area contributed by atoms with Crippen molar-refractivity contribution in [3.05, 3.63) is 164 Å². The molecule has 0 N–H and O–H groups in total. The molecule has 0 radical (unpaired) electrons. The average molecular weight is 1450 g/mol. The van der Waals surface area contributed by atoms with E-state index < -0.39 is 0 Å². The molecule has 568 valence electrons. The molecule has 0 aromatic heterocycles. The summed E-state index contributed by atoms with van der Waals surface area (Å²) in [5, 5.41) is 0. The van der Waals surface area contributed by atoms with E-state index in [1.165, 1.54) is 0 Å². The van der Waals surface area contributed by atoms with Crippen LogP contribution in [-0.4, -0.2) is 232 Å². The SMILES string of the molecule is C=Cc1c(COCC2CO2)ccc(COCC2CO2)c1COCC1CO1.C=Cc1cc(COCC2CO2)c(COCC2CO2)c(COCC2CO2)c1.C=Cc1cc(COCC2CO2)cc(COCC2CO2)c1COCC1CO1.C=Cc1ccc(COCC2CO2)c(COCC2CO2)c1COCC1CO1. The van der Waals surface area contributed by atoms with Crippen molar-refractivity contribution in [3.63, 3.8) is 0 Å². The topological polar surface area (TPSA) is 261 Å². The van der Waals surface area contributed by atoms with Crippen LogP contribution in [0.1, 0.15) is 89.0 Å². The lowest BCUT2D eigenvalue weighted by atomic mass is 9.96. The van der Waals surface area contributed by atoms with Gasteiger partial charge in [0.15, 0.2) is 0 Å². The molecule has 12 fully saturated rings. The Hall–Kier alpha value is -5.12. The molecule has 0 saturated carbocycles. The molecular weight excluding hydrogens is 1340 g/mol. The van der Waals surface area contributed by atoms with Gasteiger partial charge in [-0.3, -0.25) is 0 Å². The van der Waals surface area contributed by atoms with Crippen molar-refractivity contribution in [2.75, 3.05) is 159 Å². The fraction of sp³-hybridized carbons (Fsp3) is 0.600. The third-order valence-corrected chi connectivity index (χ3v) is 18.4. The summed E-state index contributed by atoms with van der Waals surface area (Å²) in [6.45, 7) is 39.2. The van der Waals surface area contributed by atoms with Gasteiger partial charge < -0.3 is 114 Å². The van der Waals surface area contributed by atoms with Gasteiger partial charge in [-0.1, -0.05) is 81.0 Å². The molecule has 12 aliphatic rings. The van der Waals surface area contributed by atoms with Gasteiger partial charge in [-0.15, -0.1) is 0 Å². The second-order valence-corrected chi connectivity index (χ2v) is 27.6. The monoisotopic (exact) mass is 1450 g/mol. The Bertz CT molecular complexity index is 3270.